The molecule has 0 saturated carbocycles. The van der Waals surface area contributed by atoms with E-state index in [0.717, 1.165) is 12.2 Å². The SMILES string of the molecule is CCn1cc(-c2[nH]nc(N)c2F)c(C)n1. The number of rotatable bonds is 2. The van der Waals surface area contributed by atoms with Crippen LogP contribution in [-0.4, -0.2) is 20.0 Å². The van der Waals surface area contributed by atoms with Crippen molar-refractivity contribution in [2.45, 2.75) is 20.4 Å². The minimum Gasteiger partial charge on any atom is -0.380 e. The number of nitrogen functional groups attached to an aromatic ring is 1. The van der Waals surface area contributed by atoms with E-state index in [1.54, 1.807) is 10.9 Å². The van der Waals surface area contributed by atoms with Gasteiger partial charge in [0.2, 0.25) is 0 Å². The van der Waals surface area contributed by atoms with Crippen LogP contribution < -0.4 is 5.73 Å². The Kier molecular flexibility index (Phi) is 2.18. The first kappa shape index (κ1) is 9.70. The van der Waals surface area contributed by atoms with Gasteiger partial charge in [-0.3, -0.25) is 9.78 Å². The number of hydrogen-bond acceptors (Lipinski definition) is 3. The van der Waals surface area contributed by atoms with Crippen molar-refractivity contribution in [3.05, 3.63) is 17.7 Å². The number of nitrogens with zero attached hydrogens (tertiary/aromatic N) is 3. The van der Waals surface area contributed by atoms with Gasteiger partial charge in [-0.05, 0) is 13.8 Å². The van der Waals surface area contributed by atoms with Crippen LogP contribution in [0.5, 0.6) is 0 Å². The van der Waals surface area contributed by atoms with Gasteiger partial charge in [0.05, 0.1) is 5.69 Å². The quantitative estimate of drug-likeness (QED) is 0.783. The Bertz CT molecular complexity index is 485. The summed E-state index contributed by atoms with van der Waals surface area (Å²) in [5.41, 5.74) is 7.06. The highest BCUT2D eigenvalue weighted by molar-refractivity contribution is 5.64. The van der Waals surface area contributed by atoms with Crippen LogP contribution in [0.2, 0.25) is 0 Å². The molecule has 0 saturated heterocycles. The smallest absolute Gasteiger partial charge is 0.192 e. The first-order valence-corrected chi connectivity index (χ1v) is 4.67. The monoisotopic (exact) mass is 209 g/mol. The molecule has 80 valence electrons. The molecule has 0 spiro atoms. The maximum Gasteiger partial charge on any atom is 0.192 e. The molecule has 3 N–H and O–H groups in total. The van der Waals surface area contributed by atoms with Gasteiger partial charge in [-0.25, -0.2) is 4.39 Å². The fourth-order valence-corrected chi connectivity index (χ4v) is 1.45. The maximum absolute atomic E-state index is 13.5. The van der Waals surface area contributed by atoms with Gasteiger partial charge in [-0.15, -0.1) is 0 Å². The summed E-state index contributed by atoms with van der Waals surface area (Å²) in [6.07, 6.45) is 1.77. The molecule has 0 amide bonds. The van der Waals surface area contributed by atoms with Gasteiger partial charge in [0.25, 0.3) is 0 Å². The van der Waals surface area contributed by atoms with Crippen LogP contribution in [0.15, 0.2) is 6.20 Å². The number of H-pyrrole nitrogens is 1. The third kappa shape index (κ3) is 1.47. The van der Waals surface area contributed by atoms with E-state index in [9.17, 15) is 4.39 Å². The Morgan fingerprint density at radius 3 is 2.80 bits per heavy atom. The van der Waals surface area contributed by atoms with E-state index in [4.69, 9.17) is 5.73 Å². The molecule has 6 heteroatoms. The van der Waals surface area contributed by atoms with Crippen molar-refractivity contribution in [2.75, 3.05) is 5.73 Å². The van der Waals surface area contributed by atoms with Crippen molar-refractivity contribution in [2.24, 2.45) is 0 Å². The highest BCUT2D eigenvalue weighted by atomic mass is 19.1. The topological polar surface area (TPSA) is 72.5 Å². The first-order chi connectivity index (χ1) is 7.13. The molecule has 2 aromatic heterocycles. The third-order valence-electron chi connectivity index (χ3n) is 2.27. The standard InChI is InChI=1S/C9H12FN5/c1-3-15-4-6(5(2)14-15)8-7(10)9(11)13-12-8/h4H,3H2,1-2H3,(H3,11,12,13). The van der Waals surface area contributed by atoms with Crippen molar-refractivity contribution >= 4 is 5.82 Å². The Labute approximate surface area is 86.1 Å². The van der Waals surface area contributed by atoms with Gasteiger partial charge < -0.3 is 5.73 Å². The zero-order valence-electron chi connectivity index (χ0n) is 8.58. The molecule has 5 nitrogen and oxygen atoms in total. The number of hydrogen-bond donors (Lipinski definition) is 2. The molecular weight excluding hydrogens is 197 g/mol. The average Bonchev–Trinajstić information content (AvgIpc) is 2.73. The van der Waals surface area contributed by atoms with Crippen LogP contribution in [0, 0.1) is 12.7 Å². The van der Waals surface area contributed by atoms with Gasteiger partial charge in [-0.2, -0.15) is 10.2 Å². The van der Waals surface area contributed by atoms with E-state index >= 15 is 0 Å². The second kappa shape index (κ2) is 3.38. The van der Waals surface area contributed by atoms with Crippen LogP contribution in [-0.2, 0) is 6.54 Å². The maximum atomic E-state index is 13.5. The summed E-state index contributed by atoms with van der Waals surface area (Å²) in [5.74, 6) is -0.637. The molecule has 0 aromatic carbocycles. The number of aryl methyl sites for hydroxylation is 2. The number of aromatic nitrogens is 4. The second-order valence-corrected chi connectivity index (χ2v) is 3.28. The first-order valence-electron chi connectivity index (χ1n) is 4.67. The van der Waals surface area contributed by atoms with Crippen LogP contribution >= 0.6 is 0 Å². The molecule has 0 fully saturated rings. The summed E-state index contributed by atoms with van der Waals surface area (Å²) in [7, 11) is 0. The number of nitrogens with one attached hydrogen (secondary N) is 1. The molecule has 0 radical (unpaired) electrons. The summed E-state index contributed by atoms with van der Waals surface area (Å²) in [6, 6.07) is 0. The van der Waals surface area contributed by atoms with Gasteiger partial charge >= 0.3 is 0 Å². The summed E-state index contributed by atoms with van der Waals surface area (Å²) < 4.78 is 15.2. The number of aromatic amines is 1. The molecule has 0 aliphatic rings. The van der Waals surface area contributed by atoms with Crippen molar-refractivity contribution in [1.82, 2.24) is 20.0 Å². The minimum absolute atomic E-state index is 0.117. The van der Waals surface area contributed by atoms with Crippen LogP contribution in [0.1, 0.15) is 12.6 Å². The van der Waals surface area contributed by atoms with E-state index in [-0.39, 0.29) is 5.82 Å². The summed E-state index contributed by atoms with van der Waals surface area (Å²) in [5, 5.41) is 10.4. The van der Waals surface area contributed by atoms with Crippen molar-refractivity contribution in [1.29, 1.82) is 0 Å². The van der Waals surface area contributed by atoms with E-state index < -0.39 is 5.82 Å². The number of anilines is 1. The van der Waals surface area contributed by atoms with Crippen molar-refractivity contribution in [3.8, 4) is 11.3 Å². The second-order valence-electron chi connectivity index (χ2n) is 3.28. The zero-order chi connectivity index (χ0) is 11.0. The highest BCUT2D eigenvalue weighted by Gasteiger charge is 2.16. The lowest BCUT2D eigenvalue weighted by atomic mass is 10.2. The minimum atomic E-state index is -0.520. The van der Waals surface area contributed by atoms with E-state index in [2.05, 4.69) is 15.3 Å². The number of nitrogens with two attached hydrogens (primary N) is 1. The Balaban J connectivity index is 2.53. The van der Waals surface area contributed by atoms with Crippen LogP contribution in [0.25, 0.3) is 11.3 Å². The lowest BCUT2D eigenvalue weighted by Crippen LogP contribution is -1.93. The van der Waals surface area contributed by atoms with Gasteiger partial charge in [0, 0.05) is 18.3 Å². The van der Waals surface area contributed by atoms with Crippen molar-refractivity contribution in [3.63, 3.8) is 0 Å². The largest absolute Gasteiger partial charge is 0.380 e. The van der Waals surface area contributed by atoms with E-state index in [0.29, 0.717) is 11.3 Å². The molecule has 15 heavy (non-hydrogen) atoms. The Morgan fingerprint density at radius 1 is 1.60 bits per heavy atom. The van der Waals surface area contributed by atoms with Crippen LogP contribution in [0.4, 0.5) is 10.2 Å². The summed E-state index contributed by atoms with van der Waals surface area (Å²) >= 11 is 0. The molecule has 2 heterocycles. The lowest BCUT2D eigenvalue weighted by molar-refractivity contribution is 0.636. The van der Waals surface area contributed by atoms with Gasteiger partial charge in [-0.1, -0.05) is 0 Å². The number of halogens is 1. The molecule has 0 aliphatic carbocycles. The molecule has 0 unspecified atom stereocenters. The predicted molar refractivity (Wildman–Crippen MR) is 54.6 cm³/mol. The summed E-state index contributed by atoms with van der Waals surface area (Å²) in [4.78, 5) is 0. The third-order valence-corrected chi connectivity index (χ3v) is 2.27. The fraction of sp³-hybridized carbons (Fsp3) is 0.333. The fourth-order valence-electron chi connectivity index (χ4n) is 1.45. The average molecular weight is 209 g/mol. The molecule has 0 aliphatic heterocycles. The molecule has 0 bridgehead atoms. The molecule has 2 rings (SSSR count). The van der Waals surface area contributed by atoms with E-state index in [1.807, 2.05) is 13.8 Å². The zero-order valence-corrected chi connectivity index (χ0v) is 8.58. The predicted octanol–water partition coefficient (Wildman–Crippen LogP) is 1.32. The Morgan fingerprint density at radius 2 is 2.33 bits per heavy atom. The summed E-state index contributed by atoms with van der Waals surface area (Å²) in [6.45, 7) is 4.53. The molecule has 0 atom stereocenters. The van der Waals surface area contributed by atoms with Gasteiger partial charge in [0.1, 0.15) is 5.69 Å². The lowest BCUT2D eigenvalue weighted by Gasteiger charge is -1.93. The van der Waals surface area contributed by atoms with Gasteiger partial charge in [0.15, 0.2) is 11.6 Å². The van der Waals surface area contributed by atoms with Crippen molar-refractivity contribution < 1.29 is 4.39 Å². The molecule has 2 aromatic rings. The highest BCUT2D eigenvalue weighted by Crippen LogP contribution is 2.25. The normalized spacial score (nSPS) is 10.9. The van der Waals surface area contributed by atoms with Crippen LogP contribution in [0.3, 0.4) is 0 Å². The molecular formula is C9H12FN5. The van der Waals surface area contributed by atoms with E-state index in [1.165, 1.54) is 0 Å². The Hall–Kier alpha value is -1.85.